The zero-order valence-corrected chi connectivity index (χ0v) is 15.8. The topological polar surface area (TPSA) is 76.0 Å². The quantitative estimate of drug-likeness (QED) is 0.743. The normalized spacial score (nSPS) is 19.6. The molecule has 1 aliphatic heterocycles. The first-order valence-electron chi connectivity index (χ1n) is 8.38. The van der Waals surface area contributed by atoms with E-state index in [0.717, 1.165) is 15.4 Å². The van der Waals surface area contributed by atoms with Crippen molar-refractivity contribution in [3.63, 3.8) is 0 Å². The smallest absolute Gasteiger partial charge is 0.333 e. The van der Waals surface area contributed by atoms with Gasteiger partial charge in [-0.3, -0.25) is 4.99 Å². The van der Waals surface area contributed by atoms with Crippen LogP contribution in [0, 0.1) is 6.92 Å². The summed E-state index contributed by atoms with van der Waals surface area (Å²) in [5.41, 5.74) is 1.85. The summed E-state index contributed by atoms with van der Waals surface area (Å²) in [7, 11) is -2.60. The van der Waals surface area contributed by atoms with Crippen molar-refractivity contribution in [3.8, 4) is 0 Å². The molecule has 0 amide bonds. The van der Waals surface area contributed by atoms with Crippen molar-refractivity contribution in [1.29, 1.82) is 0 Å². The number of carbonyl (C=O) groups excluding carboxylic acids is 1. The molecular weight excluding hydrogens is 364 g/mol. The minimum atomic E-state index is -3.86. The fourth-order valence-electron chi connectivity index (χ4n) is 2.78. The zero-order chi connectivity index (χ0) is 19.4. The predicted octanol–water partition coefficient (Wildman–Crippen LogP) is 2.65. The molecule has 2 aromatic rings. The molecule has 0 saturated heterocycles. The van der Waals surface area contributed by atoms with Gasteiger partial charge in [-0.2, -0.15) is 0 Å². The number of ether oxygens (including phenoxy) is 1. The van der Waals surface area contributed by atoms with Crippen LogP contribution in [0.15, 0.2) is 70.6 Å². The van der Waals surface area contributed by atoms with E-state index < -0.39 is 28.1 Å². The molecular formula is C20H20N2O4S. The first-order chi connectivity index (χ1) is 12.9. The standard InChI is InChI=1S/C20H20N2O4S/c1-15-8-11-17(12-9-15)27(24,25)22-14-21-19(20(23)26-2)18(22)13-10-16-6-4-3-5-7-16/h3-14,18-19H,1-2H3/b13-10+/t18-,19+/m0/s1. The maximum atomic E-state index is 13.1. The molecule has 1 aliphatic rings. The summed E-state index contributed by atoms with van der Waals surface area (Å²) in [6.45, 7) is 1.88. The Labute approximate surface area is 158 Å². The fourth-order valence-corrected chi connectivity index (χ4v) is 4.19. The van der Waals surface area contributed by atoms with Crippen LogP contribution in [0.25, 0.3) is 6.08 Å². The summed E-state index contributed by atoms with van der Waals surface area (Å²) < 4.78 is 32.0. The van der Waals surface area contributed by atoms with E-state index in [1.165, 1.54) is 13.4 Å². The van der Waals surface area contributed by atoms with Gasteiger partial charge < -0.3 is 4.74 Å². The highest BCUT2D eigenvalue weighted by Crippen LogP contribution is 2.26. The van der Waals surface area contributed by atoms with E-state index in [9.17, 15) is 13.2 Å². The number of aliphatic imine (C=N–C) groups is 1. The summed E-state index contributed by atoms with van der Waals surface area (Å²) in [5, 5.41) is 0. The maximum absolute atomic E-state index is 13.1. The highest BCUT2D eigenvalue weighted by Gasteiger charge is 2.41. The van der Waals surface area contributed by atoms with E-state index in [1.807, 2.05) is 37.3 Å². The molecule has 0 N–H and O–H groups in total. The van der Waals surface area contributed by atoms with Gasteiger partial charge in [-0.15, -0.1) is 0 Å². The molecule has 0 aromatic heterocycles. The Morgan fingerprint density at radius 2 is 1.78 bits per heavy atom. The Balaban J connectivity index is 1.97. The highest BCUT2D eigenvalue weighted by molar-refractivity contribution is 7.89. The molecule has 0 fully saturated rings. The molecule has 3 rings (SSSR count). The largest absolute Gasteiger partial charge is 0.467 e. The Kier molecular flexibility index (Phi) is 5.41. The van der Waals surface area contributed by atoms with Gasteiger partial charge in [-0.25, -0.2) is 17.5 Å². The summed E-state index contributed by atoms with van der Waals surface area (Å²) >= 11 is 0. The average molecular weight is 384 g/mol. The van der Waals surface area contributed by atoms with Crippen molar-refractivity contribution < 1.29 is 17.9 Å². The number of benzene rings is 2. The minimum Gasteiger partial charge on any atom is -0.467 e. The summed E-state index contributed by atoms with van der Waals surface area (Å²) in [4.78, 5) is 16.3. The molecule has 7 heteroatoms. The number of esters is 1. The number of rotatable bonds is 5. The number of nitrogens with zero attached hydrogens (tertiary/aromatic N) is 2. The molecule has 0 radical (unpaired) electrons. The lowest BCUT2D eigenvalue weighted by atomic mass is 10.1. The number of hydrogen-bond acceptors (Lipinski definition) is 5. The minimum absolute atomic E-state index is 0.142. The molecule has 0 unspecified atom stereocenters. The lowest BCUT2D eigenvalue weighted by Crippen LogP contribution is -2.42. The predicted molar refractivity (Wildman–Crippen MR) is 104 cm³/mol. The molecule has 2 aromatic carbocycles. The second-order valence-corrected chi connectivity index (χ2v) is 7.98. The monoisotopic (exact) mass is 384 g/mol. The zero-order valence-electron chi connectivity index (χ0n) is 15.0. The van der Waals surface area contributed by atoms with Gasteiger partial charge in [0.05, 0.1) is 18.0 Å². The van der Waals surface area contributed by atoms with Crippen molar-refractivity contribution in [2.45, 2.75) is 23.9 Å². The second-order valence-electron chi connectivity index (χ2n) is 6.14. The van der Waals surface area contributed by atoms with Crippen LogP contribution >= 0.6 is 0 Å². The molecule has 0 spiro atoms. The van der Waals surface area contributed by atoms with E-state index >= 15 is 0 Å². The summed E-state index contributed by atoms with van der Waals surface area (Å²) in [6, 6.07) is 14.2. The van der Waals surface area contributed by atoms with Crippen LogP contribution in [0.3, 0.4) is 0 Å². The first kappa shape index (κ1) is 18.8. The molecule has 2 atom stereocenters. The fraction of sp³-hybridized carbons (Fsp3) is 0.200. The number of sulfonamides is 1. The van der Waals surface area contributed by atoms with Gasteiger partial charge in [-0.1, -0.05) is 60.2 Å². The number of hydrogen-bond donors (Lipinski definition) is 0. The van der Waals surface area contributed by atoms with Crippen LogP contribution in [0.4, 0.5) is 0 Å². The van der Waals surface area contributed by atoms with Crippen LogP contribution in [0.2, 0.25) is 0 Å². The van der Waals surface area contributed by atoms with Gasteiger partial charge in [0.15, 0.2) is 6.04 Å². The molecule has 6 nitrogen and oxygen atoms in total. The van der Waals surface area contributed by atoms with Crippen LogP contribution in [0.5, 0.6) is 0 Å². The molecule has 140 valence electrons. The third-order valence-corrected chi connectivity index (χ3v) is 6.04. The maximum Gasteiger partial charge on any atom is 0.333 e. The van der Waals surface area contributed by atoms with Gasteiger partial charge in [0.1, 0.15) is 6.34 Å². The van der Waals surface area contributed by atoms with Crippen LogP contribution < -0.4 is 0 Å². The van der Waals surface area contributed by atoms with Crippen molar-refractivity contribution in [1.82, 2.24) is 4.31 Å². The van der Waals surface area contributed by atoms with Crippen LogP contribution in [0.1, 0.15) is 11.1 Å². The Bertz CT molecular complexity index is 967. The van der Waals surface area contributed by atoms with Gasteiger partial charge in [0, 0.05) is 0 Å². The van der Waals surface area contributed by atoms with Gasteiger partial charge >= 0.3 is 5.97 Å². The van der Waals surface area contributed by atoms with E-state index in [1.54, 1.807) is 36.4 Å². The molecule has 1 heterocycles. The third-order valence-electron chi connectivity index (χ3n) is 4.28. The highest BCUT2D eigenvalue weighted by atomic mass is 32.2. The summed E-state index contributed by atoms with van der Waals surface area (Å²) in [5.74, 6) is -0.587. The third kappa shape index (κ3) is 3.93. The number of methoxy groups -OCH3 is 1. The second kappa shape index (κ2) is 7.75. The summed E-state index contributed by atoms with van der Waals surface area (Å²) in [6.07, 6.45) is 4.62. The van der Waals surface area contributed by atoms with E-state index in [4.69, 9.17) is 4.74 Å². The Hall–Kier alpha value is -2.93. The average Bonchev–Trinajstić information content (AvgIpc) is 3.11. The molecule has 0 aliphatic carbocycles. The lowest BCUT2D eigenvalue weighted by molar-refractivity contribution is -0.142. The lowest BCUT2D eigenvalue weighted by Gasteiger charge is -2.24. The van der Waals surface area contributed by atoms with Gasteiger partial charge in [0.25, 0.3) is 10.0 Å². The Morgan fingerprint density at radius 1 is 1.11 bits per heavy atom. The SMILES string of the molecule is COC(=O)[C@@H]1N=CN(S(=O)(=O)c2ccc(C)cc2)[C@H]1/C=C/c1ccccc1. The van der Waals surface area contributed by atoms with Gasteiger partial charge in [-0.05, 0) is 24.6 Å². The van der Waals surface area contributed by atoms with E-state index in [2.05, 4.69) is 4.99 Å². The first-order valence-corrected chi connectivity index (χ1v) is 9.82. The van der Waals surface area contributed by atoms with Crippen LogP contribution in [-0.4, -0.2) is 44.2 Å². The molecule has 0 bridgehead atoms. The molecule has 0 saturated carbocycles. The van der Waals surface area contributed by atoms with Crippen molar-refractivity contribution in [2.24, 2.45) is 4.99 Å². The molecule has 27 heavy (non-hydrogen) atoms. The van der Waals surface area contributed by atoms with Gasteiger partial charge in [0.2, 0.25) is 0 Å². The van der Waals surface area contributed by atoms with Crippen molar-refractivity contribution in [3.05, 3.63) is 71.8 Å². The Morgan fingerprint density at radius 3 is 2.41 bits per heavy atom. The van der Waals surface area contributed by atoms with E-state index in [-0.39, 0.29) is 4.90 Å². The van der Waals surface area contributed by atoms with Crippen molar-refractivity contribution in [2.75, 3.05) is 7.11 Å². The van der Waals surface area contributed by atoms with Crippen molar-refractivity contribution >= 4 is 28.4 Å². The number of carbonyl (C=O) groups is 1. The van der Waals surface area contributed by atoms with E-state index in [0.29, 0.717) is 0 Å². The van der Waals surface area contributed by atoms with Crippen LogP contribution in [-0.2, 0) is 19.6 Å². The number of aryl methyl sites for hydroxylation is 1.